The molecule has 0 atom stereocenters. The van der Waals surface area contributed by atoms with Crippen molar-refractivity contribution in [3.05, 3.63) is 47.5 Å². The summed E-state index contributed by atoms with van der Waals surface area (Å²) in [6, 6.07) is 11.7. The van der Waals surface area contributed by atoms with Crippen molar-refractivity contribution in [1.82, 2.24) is 0 Å². The number of nitrogens with one attached hydrogen (secondary N) is 2. The van der Waals surface area contributed by atoms with Crippen LogP contribution in [0.25, 0.3) is 0 Å². The third kappa shape index (κ3) is 4.26. The van der Waals surface area contributed by atoms with E-state index in [2.05, 4.69) is 24.5 Å². The number of anilines is 3. The predicted molar refractivity (Wildman–Crippen MR) is 103 cm³/mol. The van der Waals surface area contributed by atoms with Crippen molar-refractivity contribution in [2.45, 2.75) is 13.8 Å². The molecule has 0 aliphatic carbocycles. The molecule has 0 spiro atoms. The number of urea groups is 1. The van der Waals surface area contributed by atoms with Crippen LogP contribution < -0.4 is 20.3 Å². The summed E-state index contributed by atoms with van der Waals surface area (Å²) < 4.78 is 5.52. The number of amides is 3. The molecule has 2 aromatic carbocycles. The van der Waals surface area contributed by atoms with E-state index in [1.165, 1.54) is 0 Å². The fraction of sp³-hybridized carbons (Fsp3) is 0.263. The summed E-state index contributed by atoms with van der Waals surface area (Å²) >= 11 is 5.91. The number of nitrogens with zero attached hydrogens (tertiary/aromatic N) is 1. The van der Waals surface area contributed by atoms with Crippen LogP contribution in [0.1, 0.15) is 13.8 Å². The highest BCUT2D eigenvalue weighted by molar-refractivity contribution is 6.30. The molecule has 1 aliphatic rings. The maximum Gasteiger partial charge on any atom is 0.323 e. The van der Waals surface area contributed by atoms with Gasteiger partial charge in [-0.3, -0.25) is 4.79 Å². The van der Waals surface area contributed by atoms with Crippen molar-refractivity contribution < 1.29 is 14.3 Å². The Bertz CT molecular complexity index is 839. The van der Waals surface area contributed by atoms with Crippen molar-refractivity contribution in [1.29, 1.82) is 0 Å². The van der Waals surface area contributed by atoms with E-state index in [1.54, 1.807) is 47.4 Å². The number of benzene rings is 2. The Labute approximate surface area is 157 Å². The lowest BCUT2D eigenvalue weighted by molar-refractivity contribution is -0.121. The summed E-state index contributed by atoms with van der Waals surface area (Å²) in [5.74, 6) is 0.850. The number of carbonyl (C=O) groups excluding carboxylic acids is 2. The van der Waals surface area contributed by atoms with E-state index in [-0.39, 0.29) is 12.5 Å². The smallest absolute Gasteiger partial charge is 0.323 e. The molecule has 0 aromatic heterocycles. The van der Waals surface area contributed by atoms with E-state index in [1.807, 2.05) is 0 Å². The van der Waals surface area contributed by atoms with Crippen molar-refractivity contribution in [3.63, 3.8) is 0 Å². The largest absolute Gasteiger partial charge is 0.481 e. The lowest BCUT2D eigenvalue weighted by Gasteiger charge is -2.31. The molecule has 2 aromatic rings. The van der Waals surface area contributed by atoms with E-state index in [0.717, 1.165) is 5.69 Å². The molecular weight excluding hydrogens is 354 g/mol. The zero-order valence-electron chi connectivity index (χ0n) is 14.6. The molecule has 1 aliphatic heterocycles. The van der Waals surface area contributed by atoms with E-state index in [9.17, 15) is 9.59 Å². The van der Waals surface area contributed by atoms with Crippen LogP contribution in [-0.2, 0) is 4.79 Å². The molecule has 0 radical (unpaired) electrons. The molecule has 0 unspecified atom stereocenters. The fourth-order valence-electron chi connectivity index (χ4n) is 2.71. The standard InChI is InChI=1S/C19H20ClN3O3/c1-12(2)10-23-16-7-6-15(9-17(16)26-11-18(23)24)22-19(25)21-14-5-3-4-13(20)8-14/h3-9,12H,10-11H2,1-2H3,(H2,21,22,25). The third-order valence-electron chi connectivity index (χ3n) is 3.79. The Kier molecular flexibility index (Phi) is 5.32. The Balaban J connectivity index is 1.72. The molecule has 0 saturated carbocycles. The van der Waals surface area contributed by atoms with Crippen LogP contribution in [-0.4, -0.2) is 25.1 Å². The highest BCUT2D eigenvalue weighted by Crippen LogP contribution is 2.35. The fourth-order valence-corrected chi connectivity index (χ4v) is 2.90. The van der Waals surface area contributed by atoms with E-state index in [4.69, 9.17) is 16.3 Å². The van der Waals surface area contributed by atoms with Crippen LogP contribution in [0.15, 0.2) is 42.5 Å². The highest BCUT2D eigenvalue weighted by atomic mass is 35.5. The van der Waals surface area contributed by atoms with Gasteiger partial charge in [-0.25, -0.2) is 4.79 Å². The maximum absolute atomic E-state index is 12.2. The number of hydrogen-bond donors (Lipinski definition) is 2. The maximum atomic E-state index is 12.2. The van der Waals surface area contributed by atoms with Gasteiger partial charge in [0.05, 0.1) is 5.69 Å². The zero-order chi connectivity index (χ0) is 18.7. The second-order valence-corrected chi connectivity index (χ2v) is 6.90. The zero-order valence-corrected chi connectivity index (χ0v) is 15.3. The van der Waals surface area contributed by atoms with E-state index >= 15 is 0 Å². The van der Waals surface area contributed by atoms with E-state index < -0.39 is 6.03 Å². The van der Waals surface area contributed by atoms with Gasteiger partial charge in [0.25, 0.3) is 5.91 Å². The lowest BCUT2D eigenvalue weighted by atomic mass is 10.1. The molecular formula is C19H20ClN3O3. The van der Waals surface area contributed by atoms with Crippen molar-refractivity contribution in [2.75, 3.05) is 28.7 Å². The first-order valence-electron chi connectivity index (χ1n) is 8.33. The second kappa shape index (κ2) is 7.66. The Morgan fingerprint density at radius 1 is 1.19 bits per heavy atom. The van der Waals surface area contributed by atoms with Gasteiger partial charge in [0.15, 0.2) is 6.61 Å². The number of fused-ring (bicyclic) bond motifs is 1. The van der Waals surface area contributed by atoms with Gasteiger partial charge in [-0.2, -0.15) is 0 Å². The van der Waals surface area contributed by atoms with Crippen LogP contribution >= 0.6 is 11.6 Å². The summed E-state index contributed by atoms with van der Waals surface area (Å²) in [6.45, 7) is 4.73. The van der Waals surface area contributed by atoms with Gasteiger partial charge in [0, 0.05) is 29.0 Å². The summed E-state index contributed by atoms with van der Waals surface area (Å²) in [5.41, 5.74) is 1.88. The molecule has 7 heteroatoms. The number of rotatable bonds is 4. The third-order valence-corrected chi connectivity index (χ3v) is 4.03. The number of halogens is 1. The van der Waals surface area contributed by atoms with Gasteiger partial charge >= 0.3 is 6.03 Å². The summed E-state index contributed by atoms with van der Waals surface area (Å²) in [7, 11) is 0. The second-order valence-electron chi connectivity index (χ2n) is 6.46. The van der Waals surface area contributed by atoms with Crippen LogP contribution in [0, 0.1) is 5.92 Å². The van der Waals surface area contributed by atoms with Crippen LogP contribution in [0.4, 0.5) is 21.9 Å². The first-order chi connectivity index (χ1) is 12.4. The number of hydrogen-bond acceptors (Lipinski definition) is 3. The number of carbonyl (C=O) groups is 2. The summed E-state index contributed by atoms with van der Waals surface area (Å²) in [4.78, 5) is 26.0. The minimum atomic E-state index is -0.391. The topological polar surface area (TPSA) is 70.7 Å². The van der Waals surface area contributed by atoms with E-state index in [0.29, 0.717) is 34.6 Å². The predicted octanol–water partition coefficient (Wildman–Crippen LogP) is 4.37. The molecule has 26 heavy (non-hydrogen) atoms. The molecule has 1 heterocycles. The Hall–Kier alpha value is -2.73. The quantitative estimate of drug-likeness (QED) is 0.836. The SMILES string of the molecule is CC(C)CN1C(=O)COc2cc(NC(=O)Nc3cccc(Cl)c3)ccc21. The normalized spacial score (nSPS) is 13.2. The van der Waals surface area contributed by atoms with Crippen molar-refractivity contribution in [2.24, 2.45) is 5.92 Å². The average molecular weight is 374 g/mol. The molecule has 0 saturated heterocycles. The average Bonchev–Trinajstić information content (AvgIpc) is 2.57. The first-order valence-corrected chi connectivity index (χ1v) is 8.71. The monoisotopic (exact) mass is 373 g/mol. The Morgan fingerprint density at radius 2 is 1.92 bits per heavy atom. The molecule has 3 amide bonds. The van der Waals surface area contributed by atoms with Crippen LogP contribution in [0.2, 0.25) is 5.02 Å². The van der Waals surface area contributed by atoms with Gasteiger partial charge in [0.2, 0.25) is 0 Å². The van der Waals surface area contributed by atoms with Gasteiger partial charge in [-0.15, -0.1) is 0 Å². The minimum absolute atomic E-state index is 0.00210. The summed E-state index contributed by atoms with van der Waals surface area (Å²) in [5, 5.41) is 6.01. The van der Waals surface area contributed by atoms with Gasteiger partial charge in [-0.1, -0.05) is 31.5 Å². The molecule has 0 bridgehead atoms. The Morgan fingerprint density at radius 3 is 2.62 bits per heavy atom. The van der Waals surface area contributed by atoms with Crippen LogP contribution in [0.5, 0.6) is 5.75 Å². The lowest BCUT2D eigenvalue weighted by Crippen LogP contribution is -2.40. The van der Waals surface area contributed by atoms with Gasteiger partial charge < -0.3 is 20.3 Å². The molecule has 0 fully saturated rings. The first kappa shape index (κ1) is 18.1. The molecule has 2 N–H and O–H groups in total. The highest BCUT2D eigenvalue weighted by Gasteiger charge is 2.26. The summed E-state index contributed by atoms with van der Waals surface area (Å²) in [6.07, 6.45) is 0. The van der Waals surface area contributed by atoms with Crippen molar-refractivity contribution >= 4 is 40.6 Å². The van der Waals surface area contributed by atoms with Crippen LogP contribution in [0.3, 0.4) is 0 Å². The molecule has 136 valence electrons. The molecule has 6 nitrogen and oxygen atoms in total. The minimum Gasteiger partial charge on any atom is -0.481 e. The molecule has 3 rings (SSSR count). The van der Waals surface area contributed by atoms with Gasteiger partial charge in [-0.05, 0) is 36.2 Å². The van der Waals surface area contributed by atoms with Crippen molar-refractivity contribution in [3.8, 4) is 5.75 Å². The van der Waals surface area contributed by atoms with Gasteiger partial charge in [0.1, 0.15) is 5.75 Å². The number of ether oxygens (including phenoxy) is 1.